The molecule has 0 saturated heterocycles. The largest absolute Gasteiger partial charge is 0.444 e. The summed E-state index contributed by atoms with van der Waals surface area (Å²) in [5.74, 6) is -0.696. The van der Waals surface area contributed by atoms with E-state index >= 15 is 0 Å². The molecule has 0 bridgehead atoms. The van der Waals surface area contributed by atoms with Crippen molar-refractivity contribution in [2.45, 2.75) is 63.7 Å². The summed E-state index contributed by atoms with van der Waals surface area (Å²) in [7, 11) is 0. The second kappa shape index (κ2) is 5.14. The summed E-state index contributed by atoms with van der Waals surface area (Å²) in [4.78, 5) is 22.6. The minimum atomic E-state index is -1.42. The van der Waals surface area contributed by atoms with E-state index in [1.165, 1.54) is 0 Å². The van der Waals surface area contributed by atoms with E-state index < -0.39 is 23.2 Å². The SMILES string of the molecule is CC(C)(C)OC(=O)N[C@H]1CC[C@](O)(C(N)=O)CC1. The maximum absolute atomic E-state index is 11.5. The lowest BCUT2D eigenvalue weighted by molar-refractivity contribution is -0.139. The minimum Gasteiger partial charge on any atom is -0.444 e. The lowest BCUT2D eigenvalue weighted by atomic mass is 9.82. The number of primary amides is 1. The summed E-state index contributed by atoms with van der Waals surface area (Å²) >= 11 is 0. The van der Waals surface area contributed by atoms with E-state index in [0.29, 0.717) is 12.8 Å². The normalized spacial score (nSPS) is 28.6. The Kier molecular flexibility index (Phi) is 4.21. The van der Waals surface area contributed by atoms with Crippen LogP contribution >= 0.6 is 0 Å². The van der Waals surface area contributed by atoms with Gasteiger partial charge in [-0.05, 0) is 46.5 Å². The van der Waals surface area contributed by atoms with Crippen LogP contribution in [0.15, 0.2) is 0 Å². The van der Waals surface area contributed by atoms with Gasteiger partial charge in [0.25, 0.3) is 0 Å². The van der Waals surface area contributed by atoms with E-state index in [1.807, 2.05) is 0 Å². The van der Waals surface area contributed by atoms with E-state index in [-0.39, 0.29) is 18.9 Å². The van der Waals surface area contributed by atoms with Crippen molar-refractivity contribution in [3.05, 3.63) is 0 Å². The van der Waals surface area contributed by atoms with Crippen molar-refractivity contribution < 1.29 is 19.4 Å². The summed E-state index contributed by atoms with van der Waals surface area (Å²) in [5.41, 5.74) is 3.17. The molecule has 0 aromatic rings. The Labute approximate surface area is 107 Å². The lowest BCUT2D eigenvalue weighted by Crippen LogP contribution is -2.50. The molecule has 0 aromatic heterocycles. The molecule has 4 N–H and O–H groups in total. The van der Waals surface area contributed by atoms with Gasteiger partial charge in [-0.25, -0.2) is 4.79 Å². The Morgan fingerprint density at radius 1 is 1.33 bits per heavy atom. The first-order chi connectivity index (χ1) is 8.12. The van der Waals surface area contributed by atoms with Crippen LogP contribution < -0.4 is 11.1 Å². The average Bonchev–Trinajstić information content (AvgIpc) is 2.18. The van der Waals surface area contributed by atoms with Crippen LogP contribution in [-0.2, 0) is 9.53 Å². The third kappa shape index (κ3) is 4.18. The fourth-order valence-electron chi connectivity index (χ4n) is 1.96. The minimum absolute atomic E-state index is 0.0838. The standard InChI is InChI=1S/C12H22N2O4/c1-11(2,3)18-10(16)14-8-4-6-12(17,7-5-8)9(13)15/h8,17H,4-7H2,1-3H3,(H2,13,15)(H,14,16)/t8-,12+. The van der Waals surface area contributed by atoms with Gasteiger partial charge in [0.2, 0.25) is 5.91 Å². The van der Waals surface area contributed by atoms with Gasteiger partial charge in [0.1, 0.15) is 11.2 Å². The van der Waals surface area contributed by atoms with E-state index in [4.69, 9.17) is 10.5 Å². The van der Waals surface area contributed by atoms with Crippen LogP contribution in [0.1, 0.15) is 46.5 Å². The van der Waals surface area contributed by atoms with Gasteiger partial charge >= 0.3 is 6.09 Å². The molecule has 0 unspecified atom stereocenters. The summed E-state index contributed by atoms with van der Waals surface area (Å²) in [6, 6.07) is -0.0838. The van der Waals surface area contributed by atoms with E-state index in [0.717, 1.165) is 0 Å². The molecule has 2 amide bonds. The van der Waals surface area contributed by atoms with Crippen LogP contribution in [0.2, 0.25) is 0 Å². The molecule has 18 heavy (non-hydrogen) atoms. The number of nitrogens with two attached hydrogens (primary N) is 1. The predicted octanol–water partition coefficient (Wildman–Crippen LogP) is 0.670. The molecule has 104 valence electrons. The Morgan fingerprint density at radius 3 is 2.22 bits per heavy atom. The number of hydrogen-bond donors (Lipinski definition) is 3. The van der Waals surface area contributed by atoms with Crippen molar-refractivity contribution in [1.82, 2.24) is 5.32 Å². The van der Waals surface area contributed by atoms with Gasteiger partial charge in [-0.15, -0.1) is 0 Å². The molecule has 0 atom stereocenters. The quantitative estimate of drug-likeness (QED) is 0.677. The number of hydrogen-bond acceptors (Lipinski definition) is 4. The van der Waals surface area contributed by atoms with Gasteiger partial charge in [0.15, 0.2) is 0 Å². The molecular formula is C12H22N2O4. The highest BCUT2D eigenvalue weighted by Crippen LogP contribution is 2.28. The van der Waals surface area contributed by atoms with Crippen LogP contribution in [0.3, 0.4) is 0 Å². The molecule has 1 saturated carbocycles. The third-order valence-corrected chi connectivity index (χ3v) is 2.99. The molecule has 0 heterocycles. The Morgan fingerprint density at radius 2 is 1.83 bits per heavy atom. The van der Waals surface area contributed by atoms with Crippen LogP contribution in [0.5, 0.6) is 0 Å². The molecular weight excluding hydrogens is 236 g/mol. The van der Waals surface area contributed by atoms with Crippen LogP contribution in [0.4, 0.5) is 4.79 Å². The van der Waals surface area contributed by atoms with Gasteiger partial charge in [0, 0.05) is 6.04 Å². The molecule has 0 radical (unpaired) electrons. The van der Waals surface area contributed by atoms with Crippen molar-refractivity contribution in [2.75, 3.05) is 0 Å². The second-order valence-electron chi connectivity index (χ2n) is 5.82. The monoisotopic (exact) mass is 258 g/mol. The topological polar surface area (TPSA) is 102 Å². The zero-order valence-electron chi connectivity index (χ0n) is 11.2. The predicted molar refractivity (Wildman–Crippen MR) is 65.8 cm³/mol. The number of carbonyl (C=O) groups excluding carboxylic acids is 2. The van der Waals surface area contributed by atoms with Crippen LogP contribution in [0.25, 0.3) is 0 Å². The average molecular weight is 258 g/mol. The fourth-order valence-corrected chi connectivity index (χ4v) is 1.96. The summed E-state index contributed by atoms with van der Waals surface area (Å²) in [5, 5.41) is 12.6. The van der Waals surface area contributed by atoms with E-state index in [2.05, 4.69) is 5.32 Å². The summed E-state index contributed by atoms with van der Waals surface area (Å²) in [6.45, 7) is 5.37. The first kappa shape index (κ1) is 14.8. The maximum Gasteiger partial charge on any atom is 0.407 e. The van der Waals surface area contributed by atoms with Gasteiger partial charge in [-0.2, -0.15) is 0 Å². The van der Waals surface area contributed by atoms with Crippen molar-refractivity contribution in [2.24, 2.45) is 5.73 Å². The van der Waals surface area contributed by atoms with Gasteiger partial charge < -0.3 is 20.9 Å². The van der Waals surface area contributed by atoms with Crippen molar-refractivity contribution in [3.63, 3.8) is 0 Å². The van der Waals surface area contributed by atoms with Crippen molar-refractivity contribution >= 4 is 12.0 Å². The molecule has 1 aliphatic rings. The zero-order valence-corrected chi connectivity index (χ0v) is 11.2. The molecule has 6 nitrogen and oxygen atoms in total. The van der Waals surface area contributed by atoms with Crippen LogP contribution in [-0.4, -0.2) is 34.4 Å². The highest BCUT2D eigenvalue weighted by atomic mass is 16.6. The highest BCUT2D eigenvalue weighted by molar-refractivity contribution is 5.83. The Balaban J connectivity index is 2.41. The third-order valence-electron chi connectivity index (χ3n) is 2.99. The molecule has 0 aromatic carbocycles. The number of rotatable bonds is 2. The number of carbonyl (C=O) groups is 2. The van der Waals surface area contributed by atoms with Gasteiger partial charge in [-0.3, -0.25) is 4.79 Å². The molecule has 6 heteroatoms. The smallest absolute Gasteiger partial charge is 0.407 e. The summed E-state index contributed by atoms with van der Waals surface area (Å²) < 4.78 is 5.14. The summed E-state index contributed by atoms with van der Waals surface area (Å²) in [6.07, 6.45) is 1.08. The number of amides is 2. The molecule has 0 aliphatic heterocycles. The number of alkyl carbamates (subject to hydrolysis) is 1. The van der Waals surface area contributed by atoms with E-state index in [9.17, 15) is 14.7 Å². The Bertz CT molecular complexity index is 327. The fraction of sp³-hybridized carbons (Fsp3) is 0.833. The first-order valence-electron chi connectivity index (χ1n) is 6.14. The van der Waals surface area contributed by atoms with Gasteiger partial charge in [-0.1, -0.05) is 0 Å². The number of ether oxygens (including phenoxy) is 1. The number of aliphatic hydroxyl groups is 1. The lowest BCUT2D eigenvalue weighted by Gasteiger charge is -2.34. The van der Waals surface area contributed by atoms with Gasteiger partial charge in [0.05, 0.1) is 0 Å². The van der Waals surface area contributed by atoms with Crippen molar-refractivity contribution in [1.29, 1.82) is 0 Å². The van der Waals surface area contributed by atoms with E-state index in [1.54, 1.807) is 20.8 Å². The number of nitrogens with one attached hydrogen (secondary N) is 1. The molecule has 1 rings (SSSR count). The molecule has 1 aliphatic carbocycles. The highest BCUT2D eigenvalue weighted by Gasteiger charge is 2.38. The maximum atomic E-state index is 11.5. The Hall–Kier alpha value is -1.30. The second-order valence-corrected chi connectivity index (χ2v) is 5.82. The zero-order chi connectivity index (χ0) is 14.0. The molecule has 0 spiro atoms. The van der Waals surface area contributed by atoms with Crippen LogP contribution in [0, 0.1) is 0 Å². The molecule has 1 fully saturated rings. The van der Waals surface area contributed by atoms with Crippen molar-refractivity contribution in [3.8, 4) is 0 Å². The first-order valence-corrected chi connectivity index (χ1v) is 6.14.